The maximum atomic E-state index is 13.1. The molecule has 0 fully saturated rings. The van der Waals surface area contributed by atoms with Gasteiger partial charge in [0.1, 0.15) is 17.3 Å². The first-order chi connectivity index (χ1) is 7.19. The van der Waals surface area contributed by atoms with Gasteiger partial charge >= 0.3 is 0 Å². The van der Waals surface area contributed by atoms with Crippen molar-refractivity contribution in [3.63, 3.8) is 0 Å². The molecule has 0 atom stereocenters. The quantitative estimate of drug-likeness (QED) is 0.791. The van der Waals surface area contributed by atoms with Crippen LogP contribution in [-0.4, -0.2) is 12.3 Å². The Hall–Kier alpha value is -1.55. The van der Waals surface area contributed by atoms with Gasteiger partial charge in [-0.2, -0.15) is 0 Å². The molecule has 0 saturated carbocycles. The third-order valence-electron chi connectivity index (χ3n) is 1.88. The first kappa shape index (κ1) is 9.98. The molecular weight excluding hydrogens is 221 g/mol. The monoisotopic (exact) mass is 227 g/mol. The highest BCUT2D eigenvalue weighted by atomic mass is 35.5. The van der Waals surface area contributed by atoms with E-state index in [0.717, 1.165) is 0 Å². The number of hydrogen-bond donors (Lipinski definition) is 0. The van der Waals surface area contributed by atoms with Gasteiger partial charge in [-0.05, 0) is 23.7 Å². The predicted molar refractivity (Wildman–Crippen MR) is 53.5 cm³/mol. The Labute approximate surface area is 90.4 Å². The molecule has 1 aromatic carbocycles. The van der Waals surface area contributed by atoms with Gasteiger partial charge < -0.3 is 9.26 Å². The summed E-state index contributed by atoms with van der Waals surface area (Å²) in [6, 6.07) is 5.77. The van der Waals surface area contributed by atoms with E-state index in [-0.39, 0.29) is 5.22 Å². The van der Waals surface area contributed by atoms with Crippen molar-refractivity contribution in [1.82, 2.24) is 5.16 Å². The molecule has 0 amide bonds. The van der Waals surface area contributed by atoms with Gasteiger partial charge in [0.05, 0.1) is 7.11 Å². The average molecular weight is 228 g/mol. The van der Waals surface area contributed by atoms with Crippen molar-refractivity contribution in [3.05, 3.63) is 35.3 Å². The lowest BCUT2D eigenvalue weighted by molar-refractivity contribution is 0.411. The van der Waals surface area contributed by atoms with Crippen LogP contribution < -0.4 is 4.74 Å². The van der Waals surface area contributed by atoms with E-state index in [1.165, 1.54) is 25.3 Å². The summed E-state index contributed by atoms with van der Waals surface area (Å²) in [7, 11) is 1.47. The molecule has 0 N–H and O–H groups in total. The van der Waals surface area contributed by atoms with Crippen LogP contribution in [0, 0.1) is 5.82 Å². The molecule has 0 aliphatic carbocycles. The average Bonchev–Trinajstić information content (AvgIpc) is 2.64. The summed E-state index contributed by atoms with van der Waals surface area (Å²) in [5, 5.41) is 3.83. The van der Waals surface area contributed by atoms with Crippen LogP contribution in [0.15, 0.2) is 28.8 Å². The highest BCUT2D eigenvalue weighted by Crippen LogP contribution is 2.26. The molecule has 3 nitrogen and oxygen atoms in total. The van der Waals surface area contributed by atoms with Crippen LogP contribution in [-0.2, 0) is 0 Å². The zero-order chi connectivity index (χ0) is 10.8. The third-order valence-corrected chi connectivity index (χ3v) is 2.06. The van der Waals surface area contributed by atoms with Crippen molar-refractivity contribution < 1.29 is 13.7 Å². The molecule has 78 valence electrons. The minimum absolute atomic E-state index is 0.160. The summed E-state index contributed by atoms with van der Waals surface area (Å²) < 4.78 is 22.8. The molecule has 2 aromatic rings. The number of benzene rings is 1. The predicted octanol–water partition coefficient (Wildman–Crippen LogP) is 3.14. The molecule has 1 heterocycles. The fraction of sp³-hybridized carbons (Fsp3) is 0.100. The lowest BCUT2D eigenvalue weighted by atomic mass is 10.1. The second kappa shape index (κ2) is 3.90. The topological polar surface area (TPSA) is 35.3 Å². The van der Waals surface area contributed by atoms with E-state index >= 15 is 0 Å². The van der Waals surface area contributed by atoms with Crippen LogP contribution in [0.25, 0.3) is 11.3 Å². The maximum Gasteiger partial charge on any atom is 0.226 e. The van der Waals surface area contributed by atoms with Crippen molar-refractivity contribution in [2.24, 2.45) is 0 Å². The van der Waals surface area contributed by atoms with Crippen LogP contribution in [0.4, 0.5) is 4.39 Å². The molecule has 0 bridgehead atoms. The van der Waals surface area contributed by atoms with Crippen LogP contribution in [0.1, 0.15) is 0 Å². The van der Waals surface area contributed by atoms with E-state index in [0.29, 0.717) is 17.0 Å². The zero-order valence-corrected chi connectivity index (χ0v) is 8.58. The van der Waals surface area contributed by atoms with Crippen LogP contribution >= 0.6 is 11.6 Å². The Bertz CT molecular complexity index is 484. The smallest absolute Gasteiger partial charge is 0.226 e. The number of halogens is 2. The van der Waals surface area contributed by atoms with Gasteiger partial charge in [-0.3, -0.25) is 0 Å². The molecular formula is C10H7ClFNO2. The van der Waals surface area contributed by atoms with Crippen LogP contribution in [0.5, 0.6) is 5.75 Å². The number of methoxy groups -OCH3 is 1. The minimum atomic E-state index is -0.400. The van der Waals surface area contributed by atoms with E-state index in [4.69, 9.17) is 16.3 Å². The largest absolute Gasteiger partial charge is 0.497 e. The highest BCUT2D eigenvalue weighted by Gasteiger charge is 2.08. The Balaban J connectivity index is 2.48. The Kier molecular flexibility index (Phi) is 2.60. The summed E-state index contributed by atoms with van der Waals surface area (Å²) in [6.45, 7) is 0. The van der Waals surface area contributed by atoms with Gasteiger partial charge in [-0.1, -0.05) is 5.16 Å². The minimum Gasteiger partial charge on any atom is -0.497 e. The molecule has 0 aliphatic heterocycles. The summed E-state index contributed by atoms with van der Waals surface area (Å²) >= 11 is 5.57. The molecule has 0 aliphatic rings. The van der Waals surface area contributed by atoms with E-state index in [9.17, 15) is 4.39 Å². The van der Waals surface area contributed by atoms with Gasteiger partial charge in [0, 0.05) is 17.7 Å². The maximum absolute atomic E-state index is 13.1. The lowest BCUT2D eigenvalue weighted by Gasteiger charge is -2.01. The van der Waals surface area contributed by atoms with E-state index in [2.05, 4.69) is 9.68 Å². The molecule has 0 unspecified atom stereocenters. The normalized spacial score (nSPS) is 10.3. The summed E-state index contributed by atoms with van der Waals surface area (Å²) in [4.78, 5) is 0. The van der Waals surface area contributed by atoms with E-state index in [1.807, 2.05) is 0 Å². The second-order valence-corrected chi connectivity index (χ2v) is 3.27. The van der Waals surface area contributed by atoms with Crippen molar-refractivity contribution >= 4 is 11.6 Å². The summed E-state index contributed by atoms with van der Waals surface area (Å²) in [5.74, 6) is 0.0209. The van der Waals surface area contributed by atoms with Crippen LogP contribution in [0.3, 0.4) is 0 Å². The first-order valence-corrected chi connectivity index (χ1v) is 4.54. The fourth-order valence-corrected chi connectivity index (χ4v) is 1.36. The standard InChI is InChI=1S/C10H7ClFNO2/c1-14-8-3-6(2-7(12)4-8)9-5-10(11)15-13-9/h2-5H,1H3. The van der Waals surface area contributed by atoms with Gasteiger partial charge in [0.2, 0.25) is 5.22 Å². The van der Waals surface area contributed by atoms with Gasteiger partial charge in [-0.25, -0.2) is 4.39 Å². The zero-order valence-electron chi connectivity index (χ0n) is 7.83. The number of hydrogen-bond acceptors (Lipinski definition) is 3. The van der Waals surface area contributed by atoms with E-state index < -0.39 is 5.82 Å². The van der Waals surface area contributed by atoms with Gasteiger partial charge in [0.15, 0.2) is 0 Å². The second-order valence-electron chi connectivity index (χ2n) is 2.90. The lowest BCUT2D eigenvalue weighted by Crippen LogP contribution is -1.86. The first-order valence-electron chi connectivity index (χ1n) is 4.16. The van der Waals surface area contributed by atoms with Crippen molar-refractivity contribution in [2.45, 2.75) is 0 Å². The summed E-state index contributed by atoms with van der Waals surface area (Å²) in [6.07, 6.45) is 0. The van der Waals surface area contributed by atoms with Crippen LogP contribution in [0.2, 0.25) is 5.22 Å². The molecule has 2 rings (SSSR count). The highest BCUT2D eigenvalue weighted by molar-refractivity contribution is 6.29. The number of rotatable bonds is 2. The number of ether oxygens (including phenoxy) is 1. The molecule has 0 radical (unpaired) electrons. The summed E-state index contributed by atoms with van der Waals surface area (Å²) in [5.41, 5.74) is 1.03. The Morgan fingerprint density at radius 3 is 2.73 bits per heavy atom. The molecule has 1 aromatic heterocycles. The van der Waals surface area contributed by atoms with E-state index in [1.54, 1.807) is 6.07 Å². The van der Waals surface area contributed by atoms with Crippen molar-refractivity contribution in [1.29, 1.82) is 0 Å². The molecule has 5 heteroatoms. The fourth-order valence-electron chi connectivity index (χ4n) is 1.22. The Morgan fingerprint density at radius 1 is 1.33 bits per heavy atom. The van der Waals surface area contributed by atoms with Crippen molar-refractivity contribution in [2.75, 3.05) is 7.11 Å². The van der Waals surface area contributed by atoms with Gasteiger partial charge in [-0.15, -0.1) is 0 Å². The number of nitrogens with zero attached hydrogens (tertiary/aromatic N) is 1. The molecule has 0 saturated heterocycles. The number of aromatic nitrogens is 1. The SMILES string of the molecule is COc1cc(F)cc(-c2cc(Cl)on2)c1. The third kappa shape index (κ3) is 2.10. The van der Waals surface area contributed by atoms with Gasteiger partial charge in [0.25, 0.3) is 0 Å². The van der Waals surface area contributed by atoms with Crippen molar-refractivity contribution in [3.8, 4) is 17.0 Å². The Morgan fingerprint density at radius 2 is 2.13 bits per heavy atom. The molecule has 0 spiro atoms. The molecule has 15 heavy (non-hydrogen) atoms.